The van der Waals surface area contributed by atoms with Crippen LogP contribution in [0.15, 0.2) is 53.4 Å². The Morgan fingerprint density at radius 2 is 1.71 bits per heavy atom. The Balaban J connectivity index is 1.45. The zero-order valence-corrected chi connectivity index (χ0v) is 20.5. The first-order valence-corrected chi connectivity index (χ1v) is 12.6. The van der Waals surface area contributed by atoms with E-state index in [1.807, 2.05) is 32.0 Å². The summed E-state index contributed by atoms with van der Waals surface area (Å²) < 4.78 is 29.2. The Morgan fingerprint density at radius 3 is 2.35 bits per heavy atom. The van der Waals surface area contributed by atoms with Crippen LogP contribution in [-0.2, 0) is 21.2 Å². The van der Waals surface area contributed by atoms with Crippen molar-refractivity contribution in [1.82, 2.24) is 19.0 Å². The quantitative estimate of drug-likeness (QED) is 0.539. The van der Waals surface area contributed by atoms with Crippen LogP contribution >= 0.6 is 11.6 Å². The van der Waals surface area contributed by atoms with Gasteiger partial charge in [0.2, 0.25) is 15.9 Å². The molecule has 0 bridgehead atoms. The van der Waals surface area contributed by atoms with E-state index in [0.29, 0.717) is 5.02 Å². The highest BCUT2D eigenvalue weighted by Crippen LogP contribution is 2.23. The van der Waals surface area contributed by atoms with Gasteiger partial charge < -0.3 is 4.90 Å². The fourth-order valence-electron chi connectivity index (χ4n) is 4.13. The van der Waals surface area contributed by atoms with Gasteiger partial charge in [-0.25, -0.2) is 13.1 Å². The lowest BCUT2D eigenvalue weighted by Gasteiger charge is -2.34. The molecule has 0 aliphatic carbocycles. The summed E-state index contributed by atoms with van der Waals surface area (Å²) in [6.45, 7) is 4.73. The van der Waals surface area contributed by atoms with Crippen molar-refractivity contribution in [3.63, 3.8) is 0 Å². The minimum Gasteiger partial charge on any atom is -0.340 e. The molecule has 0 unspecified atom stereocenters. The molecule has 176 valence electrons. The number of benzene rings is 2. The van der Waals surface area contributed by atoms with Crippen molar-refractivity contribution in [2.75, 3.05) is 26.2 Å². The summed E-state index contributed by atoms with van der Waals surface area (Å²) in [5.74, 6) is -0.0728. The number of hydrogen-bond donors (Lipinski definition) is 0. The molecule has 0 saturated carbocycles. The van der Waals surface area contributed by atoms with Gasteiger partial charge in [0.05, 0.1) is 28.3 Å². The minimum absolute atomic E-state index is 0.00172. The van der Waals surface area contributed by atoms with E-state index in [2.05, 4.69) is 5.10 Å². The number of aryl methyl sites for hydroxylation is 1. The zero-order chi connectivity index (χ0) is 24.5. The van der Waals surface area contributed by atoms with Crippen LogP contribution in [0.2, 0.25) is 5.02 Å². The number of nitriles is 1. The van der Waals surface area contributed by atoms with Crippen LogP contribution in [0.4, 0.5) is 0 Å². The van der Waals surface area contributed by atoms with E-state index in [0.717, 1.165) is 22.6 Å². The summed E-state index contributed by atoms with van der Waals surface area (Å²) in [4.78, 5) is 14.7. The molecule has 0 atom stereocenters. The third-order valence-corrected chi connectivity index (χ3v) is 8.27. The Labute approximate surface area is 204 Å². The van der Waals surface area contributed by atoms with Gasteiger partial charge in [0, 0.05) is 42.5 Å². The fraction of sp³-hybridized carbons (Fsp3) is 0.292. The number of sulfonamides is 1. The number of nitrogens with zero attached hydrogens (tertiary/aromatic N) is 5. The second-order valence-corrected chi connectivity index (χ2v) is 10.4. The number of piperazine rings is 1. The molecule has 0 spiro atoms. The lowest BCUT2D eigenvalue weighted by molar-refractivity contribution is -0.131. The highest BCUT2D eigenvalue weighted by atomic mass is 35.5. The van der Waals surface area contributed by atoms with Crippen molar-refractivity contribution in [1.29, 1.82) is 5.26 Å². The first-order valence-electron chi connectivity index (χ1n) is 10.8. The molecule has 2 aromatic carbocycles. The highest BCUT2D eigenvalue weighted by Gasteiger charge is 2.32. The van der Waals surface area contributed by atoms with Crippen LogP contribution in [0.5, 0.6) is 0 Å². The van der Waals surface area contributed by atoms with Crippen LogP contribution < -0.4 is 0 Å². The molecular formula is C24H24ClN5O3S. The lowest BCUT2D eigenvalue weighted by Crippen LogP contribution is -2.51. The zero-order valence-electron chi connectivity index (χ0n) is 18.9. The molecule has 3 aromatic rings. The molecular weight excluding hydrogens is 474 g/mol. The van der Waals surface area contributed by atoms with Crippen LogP contribution in [-0.4, -0.2) is 59.5 Å². The maximum absolute atomic E-state index is 13.0. The van der Waals surface area contributed by atoms with Gasteiger partial charge in [0.15, 0.2) is 0 Å². The SMILES string of the molecule is Cc1nn(-c2ccc(Cl)cc2)c(C)c1CC(=O)N1CCN(S(=O)(=O)c2ccccc2C#N)CC1. The molecule has 1 fully saturated rings. The molecule has 1 amide bonds. The van der Waals surface area contributed by atoms with Crippen molar-refractivity contribution >= 4 is 27.5 Å². The number of halogens is 1. The Hall–Kier alpha value is -3.19. The number of hydrogen-bond acceptors (Lipinski definition) is 5. The lowest BCUT2D eigenvalue weighted by atomic mass is 10.1. The van der Waals surface area contributed by atoms with E-state index in [-0.39, 0.29) is 49.0 Å². The number of aromatic nitrogens is 2. The maximum Gasteiger partial charge on any atom is 0.244 e. The van der Waals surface area contributed by atoms with Gasteiger partial charge in [-0.1, -0.05) is 23.7 Å². The highest BCUT2D eigenvalue weighted by molar-refractivity contribution is 7.89. The predicted molar refractivity (Wildman–Crippen MR) is 128 cm³/mol. The summed E-state index contributed by atoms with van der Waals surface area (Å²) in [6, 6.07) is 15.4. The van der Waals surface area contributed by atoms with Crippen molar-refractivity contribution in [2.24, 2.45) is 0 Å². The van der Waals surface area contributed by atoms with E-state index in [1.165, 1.54) is 16.4 Å². The summed E-state index contributed by atoms with van der Waals surface area (Å²) in [6.07, 6.45) is 0.190. The second-order valence-electron chi connectivity index (χ2n) is 8.11. The van der Waals surface area contributed by atoms with E-state index >= 15 is 0 Å². The summed E-state index contributed by atoms with van der Waals surface area (Å²) in [5.41, 5.74) is 3.49. The Kier molecular flexibility index (Phi) is 6.75. The molecule has 1 aliphatic rings. The molecule has 0 radical (unpaired) electrons. The number of carbonyl (C=O) groups is 1. The summed E-state index contributed by atoms with van der Waals surface area (Å²) in [7, 11) is -3.81. The van der Waals surface area contributed by atoms with Crippen molar-refractivity contribution in [3.05, 3.63) is 76.1 Å². The molecule has 8 nitrogen and oxygen atoms in total. The van der Waals surface area contributed by atoms with Gasteiger partial charge >= 0.3 is 0 Å². The number of carbonyl (C=O) groups excluding carboxylic acids is 1. The van der Waals surface area contributed by atoms with Crippen LogP contribution in [0.25, 0.3) is 5.69 Å². The monoisotopic (exact) mass is 497 g/mol. The van der Waals surface area contributed by atoms with Gasteiger partial charge in [0.25, 0.3) is 0 Å². The van der Waals surface area contributed by atoms with Gasteiger partial charge in [-0.15, -0.1) is 0 Å². The third kappa shape index (κ3) is 4.57. The van der Waals surface area contributed by atoms with Gasteiger partial charge in [0.1, 0.15) is 6.07 Å². The molecule has 1 saturated heterocycles. The summed E-state index contributed by atoms with van der Waals surface area (Å²) >= 11 is 5.98. The predicted octanol–water partition coefficient (Wildman–Crippen LogP) is 3.09. The second kappa shape index (κ2) is 9.58. The molecule has 10 heteroatoms. The average Bonchev–Trinajstić information content (AvgIpc) is 3.12. The largest absolute Gasteiger partial charge is 0.340 e. The number of amides is 1. The summed E-state index contributed by atoms with van der Waals surface area (Å²) in [5, 5.41) is 14.5. The van der Waals surface area contributed by atoms with Gasteiger partial charge in [-0.05, 0) is 50.2 Å². The normalized spacial score (nSPS) is 14.7. The van der Waals surface area contributed by atoms with Gasteiger partial charge in [-0.2, -0.15) is 14.7 Å². The number of rotatable bonds is 5. The molecule has 0 N–H and O–H groups in total. The van der Waals surface area contributed by atoms with Crippen molar-refractivity contribution in [2.45, 2.75) is 25.2 Å². The van der Waals surface area contributed by atoms with Gasteiger partial charge in [-0.3, -0.25) is 4.79 Å². The third-order valence-electron chi connectivity index (χ3n) is 6.06. The molecule has 1 aliphatic heterocycles. The van der Waals surface area contributed by atoms with E-state index in [9.17, 15) is 18.5 Å². The van der Waals surface area contributed by atoms with Crippen LogP contribution in [0, 0.1) is 25.2 Å². The van der Waals surface area contributed by atoms with Crippen molar-refractivity contribution in [3.8, 4) is 11.8 Å². The van der Waals surface area contributed by atoms with Crippen LogP contribution in [0.3, 0.4) is 0 Å². The fourth-order valence-corrected chi connectivity index (χ4v) is 5.82. The molecule has 4 rings (SSSR count). The topological polar surface area (TPSA) is 99.3 Å². The van der Waals surface area contributed by atoms with Crippen molar-refractivity contribution < 1.29 is 13.2 Å². The van der Waals surface area contributed by atoms with E-state index < -0.39 is 10.0 Å². The van der Waals surface area contributed by atoms with E-state index in [4.69, 9.17) is 11.6 Å². The first-order chi connectivity index (χ1) is 16.2. The first kappa shape index (κ1) is 24.0. The minimum atomic E-state index is -3.81. The average molecular weight is 498 g/mol. The van der Waals surface area contributed by atoms with Crippen LogP contribution in [0.1, 0.15) is 22.5 Å². The molecule has 1 aromatic heterocycles. The Bertz CT molecular complexity index is 1370. The smallest absolute Gasteiger partial charge is 0.244 e. The maximum atomic E-state index is 13.0. The van der Waals surface area contributed by atoms with E-state index in [1.54, 1.807) is 33.8 Å². The molecule has 2 heterocycles. The molecule has 34 heavy (non-hydrogen) atoms. The Morgan fingerprint density at radius 1 is 1.06 bits per heavy atom. The standard InChI is InChI=1S/C24H24ClN5O3S/c1-17-22(18(2)30(27-17)21-9-7-20(25)8-10-21)15-24(31)28-11-13-29(14-12-28)34(32,33)23-6-4-3-5-19(23)16-26/h3-10H,11-15H2,1-2H3.